The molecule has 23 heavy (non-hydrogen) atoms. The summed E-state index contributed by atoms with van der Waals surface area (Å²) in [5, 5.41) is 0. The standard InChI is InChI=1S/C9H11NO.C6H7.C2H7Si.2ClH.Ti/c1-6-4-3-5-7(2)8(6)9(10)11;1-6-4-2-3-5-6;1-3-2;;;/h3-5H,1-2H3,(H2,10,11);4-5H,2H2,1H3;3H,1-2H3;2*1H;/q;-1;;;;+4/p-3. The Labute approximate surface area is 170 Å². The fourth-order valence-corrected chi connectivity index (χ4v) is 1.67. The van der Waals surface area contributed by atoms with Gasteiger partial charge in [0.05, 0.1) is 5.91 Å². The Balaban J connectivity index is -0.000000130. The van der Waals surface area contributed by atoms with Gasteiger partial charge in [0, 0.05) is 15.1 Å². The molecule has 0 spiro atoms. The summed E-state index contributed by atoms with van der Waals surface area (Å²) in [7, 11) is 0.750. The number of carbonyl (C=O) groups is 1. The molecular weight excluding hydrogens is 381 g/mol. The summed E-state index contributed by atoms with van der Waals surface area (Å²) >= 11 is 0. The monoisotopic (exact) mass is 404 g/mol. The average Bonchev–Trinajstić information content (AvgIpc) is 2.81. The number of halogens is 2. The Morgan fingerprint density at radius 1 is 1.13 bits per heavy atom. The third kappa shape index (κ3) is 13.8. The van der Waals surface area contributed by atoms with Gasteiger partial charge in [0.2, 0.25) is 0 Å². The van der Waals surface area contributed by atoms with Crippen molar-refractivity contribution in [1.29, 1.82) is 0 Å². The van der Waals surface area contributed by atoms with Crippen molar-refractivity contribution < 1.29 is 51.3 Å². The molecule has 0 aliphatic heterocycles. The van der Waals surface area contributed by atoms with Gasteiger partial charge in [-0.05, 0) is 25.0 Å². The molecular formula is C17H24Cl2NOSiTi. The second-order valence-corrected chi connectivity index (χ2v) is 5.83. The van der Waals surface area contributed by atoms with Gasteiger partial charge < -0.3 is 35.3 Å². The summed E-state index contributed by atoms with van der Waals surface area (Å²) in [4.78, 5) is 10.8. The number of hydrogen-bond acceptors (Lipinski definition) is 1. The van der Waals surface area contributed by atoms with Crippen molar-refractivity contribution in [1.82, 2.24) is 0 Å². The maximum atomic E-state index is 10.8. The number of benzene rings is 1. The van der Waals surface area contributed by atoms with Crippen LogP contribution in [0, 0.1) is 19.9 Å². The van der Waals surface area contributed by atoms with Gasteiger partial charge in [-0.3, -0.25) is 6.08 Å². The van der Waals surface area contributed by atoms with Crippen molar-refractivity contribution in [2.45, 2.75) is 40.3 Å². The van der Waals surface area contributed by atoms with Crippen LogP contribution < -0.4 is 24.8 Å². The summed E-state index contributed by atoms with van der Waals surface area (Å²) in [6.07, 6.45) is 8.24. The van der Waals surface area contributed by atoms with Gasteiger partial charge in [-0.1, -0.05) is 31.3 Å². The van der Waals surface area contributed by atoms with Gasteiger partial charge in [-0.25, -0.2) is 11.6 Å². The van der Waals surface area contributed by atoms with E-state index in [4.69, 9.17) is 5.73 Å². The van der Waals surface area contributed by atoms with Gasteiger partial charge >= 0.3 is 21.7 Å². The Kier molecular flexibility index (Phi) is 23.9. The molecule has 0 saturated heterocycles. The van der Waals surface area contributed by atoms with Gasteiger partial charge in [0.15, 0.2) is 0 Å². The zero-order chi connectivity index (χ0) is 15.5. The third-order valence-electron chi connectivity index (χ3n) is 2.58. The van der Waals surface area contributed by atoms with Gasteiger partial charge in [0.1, 0.15) is 0 Å². The number of amides is 1. The summed E-state index contributed by atoms with van der Waals surface area (Å²) in [6, 6.07) is 5.57. The first kappa shape index (κ1) is 30.6. The third-order valence-corrected chi connectivity index (χ3v) is 2.58. The van der Waals surface area contributed by atoms with Gasteiger partial charge in [-0.15, -0.1) is 13.3 Å². The van der Waals surface area contributed by atoms with Crippen molar-refractivity contribution in [3.05, 3.63) is 64.4 Å². The van der Waals surface area contributed by atoms with Crippen molar-refractivity contribution in [3.8, 4) is 0 Å². The van der Waals surface area contributed by atoms with Gasteiger partial charge in [-0.2, -0.15) is 6.08 Å². The largest absolute Gasteiger partial charge is 4.00 e. The molecule has 2 rings (SSSR count). The zero-order valence-electron chi connectivity index (χ0n) is 14.3. The van der Waals surface area contributed by atoms with E-state index >= 15 is 0 Å². The molecule has 6 heteroatoms. The summed E-state index contributed by atoms with van der Waals surface area (Å²) in [5.41, 5.74) is 10.6. The molecule has 0 fully saturated rings. The Morgan fingerprint density at radius 2 is 1.57 bits per heavy atom. The van der Waals surface area contributed by atoms with Crippen LogP contribution >= 0.6 is 0 Å². The molecule has 0 atom stereocenters. The molecule has 1 aliphatic carbocycles. The van der Waals surface area contributed by atoms with Crippen LogP contribution in [0.1, 0.15) is 34.8 Å². The minimum Gasteiger partial charge on any atom is -1.00 e. The second-order valence-electron chi connectivity index (χ2n) is 4.67. The van der Waals surface area contributed by atoms with Crippen LogP contribution in [0.15, 0.2) is 35.9 Å². The van der Waals surface area contributed by atoms with Gasteiger partial charge in [0.25, 0.3) is 0 Å². The van der Waals surface area contributed by atoms with Crippen LogP contribution in [0.25, 0.3) is 5.73 Å². The first-order chi connectivity index (χ1) is 9.43. The number of nitrogens with one attached hydrogen (secondary N) is 1. The Bertz CT molecular complexity index is 482. The second kappa shape index (κ2) is 18.0. The van der Waals surface area contributed by atoms with E-state index in [9.17, 15) is 4.79 Å². The van der Waals surface area contributed by atoms with Crippen LogP contribution in [0.3, 0.4) is 0 Å². The smallest absolute Gasteiger partial charge is 1.00 e. The minimum atomic E-state index is -0.597. The maximum Gasteiger partial charge on any atom is 4.00 e. The molecule has 0 bridgehead atoms. The van der Waals surface area contributed by atoms with Crippen LogP contribution in [0.4, 0.5) is 0 Å². The number of rotatable bonds is 1. The van der Waals surface area contributed by atoms with E-state index in [0.717, 1.165) is 27.1 Å². The minimum absolute atomic E-state index is 0. The molecule has 125 valence electrons. The fourth-order valence-electron chi connectivity index (χ4n) is 1.67. The molecule has 1 aromatic rings. The van der Waals surface area contributed by atoms with E-state index in [2.05, 4.69) is 32.2 Å². The maximum absolute atomic E-state index is 10.8. The molecule has 0 saturated carbocycles. The van der Waals surface area contributed by atoms with Crippen molar-refractivity contribution in [3.63, 3.8) is 0 Å². The van der Waals surface area contributed by atoms with E-state index in [1.807, 2.05) is 38.1 Å². The SMILES string of the molecule is CC1=CC[C-]=C1.C[SiH]C.Cc1cccc(C)c1C([NH-])=O.[Cl-].[Cl-].[Ti+4]. The van der Waals surface area contributed by atoms with E-state index in [1.165, 1.54) is 5.57 Å². The first-order valence-electron chi connectivity index (χ1n) is 6.73. The van der Waals surface area contributed by atoms with E-state index < -0.39 is 5.91 Å². The number of hydrogen-bond donors (Lipinski definition) is 0. The normalized spacial score (nSPS) is 10.2. The number of carbonyl (C=O) groups excluding carboxylic acids is 1. The number of aryl methyl sites for hydroxylation is 2. The zero-order valence-corrected chi connectivity index (χ0v) is 18.6. The quantitative estimate of drug-likeness (QED) is 0.424. The summed E-state index contributed by atoms with van der Waals surface area (Å²) in [5.74, 6) is -0.597. The Morgan fingerprint density at radius 3 is 1.74 bits per heavy atom. The van der Waals surface area contributed by atoms with Crippen molar-refractivity contribution in [2.24, 2.45) is 0 Å². The summed E-state index contributed by atoms with van der Waals surface area (Å²) < 4.78 is 0. The van der Waals surface area contributed by atoms with Crippen LogP contribution in [-0.4, -0.2) is 15.4 Å². The first-order valence-corrected chi connectivity index (χ1v) is 9.04. The van der Waals surface area contributed by atoms with E-state index in [1.54, 1.807) is 0 Å². The molecule has 2 nitrogen and oxygen atoms in total. The van der Waals surface area contributed by atoms with E-state index in [-0.39, 0.29) is 46.5 Å². The average molecular weight is 405 g/mol. The van der Waals surface area contributed by atoms with Crippen LogP contribution in [-0.2, 0) is 21.7 Å². The predicted molar refractivity (Wildman–Crippen MR) is 89.6 cm³/mol. The molecule has 0 aromatic heterocycles. The molecule has 1 aromatic carbocycles. The Hall–Kier alpha value is -0.319. The molecule has 0 heterocycles. The topological polar surface area (TPSA) is 40.9 Å². The van der Waals surface area contributed by atoms with Crippen molar-refractivity contribution in [2.75, 3.05) is 0 Å². The molecule has 1 amide bonds. The molecule has 1 radical (unpaired) electrons. The van der Waals surface area contributed by atoms with Crippen molar-refractivity contribution >= 4 is 15.4 Å². The van der Waals surface area contributed by atoms with E-state index in [0.29, 0.717) is 5.56 Å². The van der Waals surface area contributed by atoms with Crippen LogP contribution in [0.5, 0.6) is 0 Å². The fraction of sp³-hybridized carbons (Fsp3) is 0.353. The van der Waals surface area contributed by atoms with Crippen LogP contribution in [0.2, 0.25) is 13.1 Å². The summed E-state index contributed by atoms with van der Waals surface area (Å²) in [6.45, 7) is 10.2. The number of allylic oxidation sites excluding steroid dienone is 4. The molecule has 1 N–H and O–H groups in total. The molecule has 0 unspecified atom stereocenters. The molecule has 1 aliphatic rings. The predicted octanol–water partition coefficient (Wildman–Crippen LogP) is -1.28.